The van der Waals surface area contributed by atoms with E-state index in [9.17, 15) is 24.6 Å². The Bertz CT molecular complexity index is 993. The van der Waals surface area contributed by atoms with Crippen LogP contribution >= 0.6 is 0 Å². The summed E-state index contributed by atoms with van der Waals surface area (Å²) in [5.41, 5.74) is -0.114. The van der Waals surface area contributed by atoms with Crippen molar-refractivity contribution in [3.63, 3.8) is 0 Å². The number of alkyl carbamates (subject to hydrolysis) is 1. The number of nitrogens with one attached hydrogen (secondary N) is 1. The highest BCUT2D eigenvalue weighted by Gasteiger charge is 2.38. The second kappa shape index (κ2) is 9.30. The van der Waals surface area contributed by atoms with Crippen molar-refractivity contribution >= 4 is 29.8 Å². The highest BCUT2D eigenvalue weighted by molar-refractivity contribution is 6.07. The average Bonchev–Trinajstić information content (AvgIpc) is 3.20. The van der Waals surface area contributed by atoms with Crippen molar-refractivity contribution in [2.24, 2.45) is 5.92 Å². The van der Waals surface area contributed by atoms with Crippen LogP contribution in [0, 0.1) is 5.92 Å². The number of carbonyl (C=O) groups excluding carboxylic acids is 1. The summed E-state index contributed by atoms with van der Waals surface area (Å²) in [6.45, 7) is 8.16. The highest BCUT2D eigenvalue weighted by Crippen LogP contribution is 2.32. The number of aromatic nitrogens is 4. The van der Waals surface area contributed by atoms with Gasteiger partial charge in [-0.2, -0.15) is 4.90 Å². The Morgan fingerprint density at radius 2 is 1.88 bits per heavy atom. The van der Waals surface area contributed by atoms with Crippen molar-refractivity contribution in [2.75, 3.05) is 22.9 Å². The summed E-state index contributed by atoms with van der Waals surface area (Å²) >= 11 is 0. The lowest BCUT2D eigenvalue weighted by Crippen LogP contribution is -2.57. The van der Waals surface area contributed by atoms with E-state index in [1.54, 1.807) is 43.9 Å². The lowest BCUT2D eigenvalue weighted by atomic mass is 9.89. The number of piperidine rings is 1. The molecule has 1 fully saturated rings. The van der Waals surface area contributed by atoms with Crippen LogP contribution in [0.1, 0.15) is 33.7 Å². The quantitative estimate of drug-likeness (QED) is 0.616. The van der Waals surface area contributed by atoms with Crippen LogP contribution < -0.4 is 15.1 Å². The molecule has 13 heteroatoms. The summed E-state index contributed by atoms with van der Waals surface area (Å²) in [6, 6.07) is 2.39. The number of rotatable bonds is 4. The molecule has 3 heterocycles. The van der Waals surface area contributed by atoms with Gasteiger partial charge >= 0.3 is 18.3 Å². The first-order valence-electron chi connectivity index (χ1n) is 10.3. The van der Waals surface area contributed by atoms with E-state index in [4.69, 9.17) is 4.74 Å². The molecule has 2 aromatic rings. The zero-order valence-corrected chi connectivity index (χ0v) is 18.7. The third kappa shape index (κ3) is 5.67. The minimum absolute atomic E-state index is 0.0212. The topological polar surface area (TPSA) is 163 Å². The van der Waals surface area contributed by atoms with Gasteiger partial charge in [0.05, 0.1) is 18.3 Å². The van der Waals surface area contributed by atoms with Crippen LogP contribution in [-0.4, -0.2) is 73.2 Å². The van der Waals surface area contributed by atoms with Gasteiger partial charge in [0, 0.05) is 37.2 Å². The number of ether oxygens (including phenoxy) is 1. The fraction of sp³-hybridized carbons (Fsp3) is 0.500. The summed E-state index contributed by atoms with van der Waals surface area (Å²) in [7, 11) is 0. The Hall–Kier alpha value is -3.90. The molecule has 1 aliphatic heterocycles. The predicted octanol–water partition coefficient (Wildman–Crippen LogP) is 2.43. The fourth-order valence-corrected chi connectivity index (χ4v) is 3.90. The molecule has 0 aromatic carbocycles. The summed E-state index contributed by atoms with van der Waals surface area (Å²) < 4.78 is 7.12. The number of nitrogens with zero attached hydrogens (tertiary/aromatic N) is 6. The van der Waals surface area contributed by atoms with Crippen molar-refractivity contribution < 1.29 is 29.3 Å². The predicted molar refractivity (Wildman–Crippen MR) is 116 cm³/mol. The molecule has 3 N–H and O–H groups in total. The summed E-state index contributed by atoms with van der Waals surface area (Å²) in [4.78, 5) is 41.2. The highest BCUT2D eigenvalue weighted by atomic mass is 16.6. The monoisotopic (exact) mass is 461 g/mol. The number of anilines is 2. The molecule has 0 aliphatic carbocycles. The average molecular weight is 461 g/mol. The van der Waals surface area contributed by atoms with Crippen molar-refractivity contribution in [1.29, 1.82) is 0 Å². The minimum Gasteiger partial charge on any atom is -0.464 e. The van der Waals surface area contributed by atoms with Crippen LogP contribution in [0.5, 0.6) is 0 Å². The molecule has 1 aliphatic rings. The standard InChI is InChI=1S/C20H27N7O6/c1-12-10-25(13-5-6-21-15(9-13)27(18(29)30)19(31)32)11-14(16(12)26-8-7-22-24-26)23-17(28)33-20(2,3)4/h5-9,12,14,16H,10-11H2,1-4H3,(H,23,28)(H,29,30)(H,31,32)/t12-,14+,16-/m0/s1. The second-order valence-corrected chi connectivity index (χ2v) is 8.78. The maximum Gasteiger partial charge on any atom is 0.422 e. The molecular formula is C20H27N7O6. The van der Waals surface area contributed by atoms with Crippen molar-refractivity contribution in [1.82, 2.24) is 25.3 Å². The van der Waals surface area contributed by atoms with Crippen molar-refractivity contribution in [3.05, 3.63) is 30.7 Å². The molecule has 0 saturated carbocycles. The van der Waals surface area contributed by atoms with Gasteiger partial charge in [0.25, 0.3) is 0 Å². The molecule has 2 aromatic heterocycles. The molecule has 3 amide bonds. The van der Waals surface area contributed by atoms with Crippen molar-refractivity contribution in [3.8, 4) is 0 Å². The number of hydrogen-bond acceptors (Lipinski definition) is 8. The molecule has 0 spiro atoms. The van der Waals surface area contributed by atoms with Crippen LogP contribution in [0.3, 0.4) is 0 Å². The number of amides is 3. The molecule has 33 heavy (non-hydrogen) atoms. The SMILES string of the molecule is C[C@H]1CN(c2ccnc(N(C(=O)O)C(=O)O)c2)C[C@@H](NC(=O)OC(C)(C)C)[C@H]1n1ccnn1. The van der Waals surface area contributed by atoms with E-state index in [-0.39, 0.29) is 22.7 Å². The first-order chi connectivity index (χ1) is 15.5. The van der Waals surface area contributed by atoms with Gasteiger partial charge in [-0.3, -0.25) is 0 Å². The summed E-state index contributed by atoms with van der Waals surface area (Å²) in [5, 5.41) is 29.4. The third-order valence-electron chi connectivity index (χ3n) is 5.08. The zero-order chi connectivity index (χ0) is 24.3. The molecule has 3 atom stereocenters. The van der Waals surface area contributed by atoms with Crippen LogP contribution in [0.15, 0.2) is 30.7 Å². The van der Waals surface area contributed by atoms with Crippen LogP contribution in [-0.2, 0) is 4.74 Å². The van der Waals surface area contributed by atoms with Crippen LogP contribution in [0.2, 0.25) is 0 Å². The van der Waals surface area contributed by atoms with E-state index in [1.165, 1.54) is 12.3 Å². The molecule has 3 rings (SSSR count). The molecule has 0 bridgehead atoms. The lowest BCUT2D eigenvalue weighted by molar-refractivity contribution is 0.0465. The maximum atomic E-state index is 12.5. The van der Waals surface area contributed by atoms with Crippen LogP contribution in [0.4, 0.5) is 25.9 Å². The number of pyridine rings is 1. The van der Waals surface area contributed by atoms with Gasteiger partial charge in [-0.1, -0.05) is 12.1 Å². The van der Waals surface area contributed by atoms with E-state index >= 15 is 0 Å². The van der Waals surface area contributed by atoms with Gasteiger partial charge in [-0.25, -0.2) is 24.0 Å². The zero-order valence-electron chi connectivity index (χ0n) is 18.7. The first-order valence-corrected chi connectivity index (χ1v) is 10.3. The van der Waals surface area contributed by atoms with Gasteiger partial charge in [-0.15, -0.1) is 5.10 Å². The first kappa shape index (κ1) is 23.8. The normalized spacial score (nSPS) is 20.7. The second-order valence-electron chi connectivity index (χ2n) is 8.78. The molecule has 0 unspecified atom stereocenters. The van der Waals surface area contributed by atoms with E-state index in [1.807, 2.05) is 11.8 Å². The largest absolute Gasteiger partial charge is 0.464 e. The summed E-state index contributed by atoms with van der Waals surface area (Å²) in [5.74, 6) is -0.262. The fourth-order valence-electron chi connectivity index (χ4n) is 3.90. The van der Waals surface area contributed by atoms with E-state index < -0.39 is 29.9 Å². The Morgan fingerprint density at radius 3 is 2.45 bits per heavy atom. The number of imide groups is 1. The number of hydrogen-bond donors (Lipinski definition) is 3. The molecule has 1 saturated heterocycles. The molecule has 178 valence electrons. The van der Waals surface area contributed by atoms with E-state index in [2.05, 4.69) is 20.6 Å². The lowest BCUT2D eigenvalue weighted by Gasteiger charge is -2.43. The smallest absolute Gasteiger partial charge is 0.422 e. The summed E-state index contributed by atoms with van der Waals surface area (Å²) in [6.07, 6.45) is 0.733. The van der Waals surface area contributed by atoms with Gasteiger partial charge in [0.2, 0.25) is 0 Å². The minimum atomic E-state index is -1.66. The van der Waals surface area contributed by atoms with Gasteiger partial charge in [0.1, 0.15) is 5.60 Å². The van der Waals surface area contributed by atoms with Gasteiger partial charge in [-0.05, 0) is 32.8 Å². The Morgan fingerprint density at radius 1 is 1.18 bits per heavy atom. The molecular weight excluding hydrogens is 434 g/mol. The van der Waals surface area contributed by atoms with Crippen molar-refractivity contribution in [2.45, 2.75) is 45.4 Å². The number of carbonyl (C=O) groups is 3. The third-order valence-corrected chi connectivity index (χ3v) is 5.08. The Labute approximate surface area is 189 Å². The maximum absolute atomic E-state index is 12.5. The number of carboxylic acid groups (broad SMARTS) is 2. The molecule has 0 radical (unpaired) electrons. The van der Waals surface area contributed by atoms with E-state index in [0.29, 0.717) is 18.8 Å². The van der Waals surface area contributed by atoms with E-state index in [0.717, 1.165) is 0 Å². The molecule has 13 nitrogen and oxygen atoms in total. The Balaban J connectivity index is 1.89. The van der Waals surface area contributed by atoms with Crippen LogP contribution in [0.25, 0.3) is 0 Å². The van der Waals surface area contributed by atoms with Gasteiger partial charge in [0.15, 0.2) is 5.82 Å². The Kier molecular flexibility index (Phi) is 6.70. The van der Waals surface area contributed by atoms with Gasteiger partial charge < -0.3 is 25.2 Å².